The Morgan fingerprint density at radius 3 is 1.54 bits per heavy atom. The molecular weight excluding hydrogens is 496 g/mol. The lowest BCUT2D eigenvalue weighted by atomic mass is 9.96. The number of benzene rings is 4. The lowest BCUT2D eigenvalue weighted by Crippen LogP contribution is -1.92. The van der Waals surface area contributed by atoms with Crippen molar-refractivity contribution in [3.63, 3.8) is 0 Å². The molecule has 0 spiro atoms. The fraction of sp³-hybridized carbons (Fsp3) is 0.226. The quantitative estimate of drug-likeness (QED) is 0.256. The molecule has 2 heterocycles. The van der Waals surface area contributed by atoms with E-state index in [-0.39, 0.29) is 0 Å². The molecule has 7 rings (SSSR count). The molecule has 0 saturated carbocycles. The molecule has 0 aliphatic heterocycles. The van der Waals surface area contributed by atoms with Crippen molar-refractivity contribution in [1.29, 1.82) is 0 Å². The maximum Gasteiger partial charge on any atom is 0.162 e. The van der Waals surface area contributed by atoms with Gasteiger partial charge in [0.1, 0.15) is 0 Å². The van der Waals surface area contributed by atoms with Gasteiger partial charge in [0.25, 0.3) is 0 Å². The van der Waals surface area contributed by atoms with E-state index in [9.17, 15) is 0 Å². The number of H-pyrrole nitrogens is 2. The van der Waals surface area contributed by atoms with Crippen molar-refractivity contribution in [2.24, 2.45) is 0 Å². The van der Waals surface area contributed by atoms with Crippen molar-refractivity contribution in [2.45, 2.75) is 6.42 Å². The van der Waals surface area contributed by atoms with Crippen LogP contribution >= 0.6 is 0 Å². The molecule has 0 fully saturated rings. The highest BCUT2D eigenvalue weighted by atomic mass is 16.5. The van der Waals surface area contributed by atoms with Gasteiger partial charge in [0, 0.05) is 39.2 Å². The van der Waals surface area contributed by atoms with E-state index in [0.717, 1.165) is 61.2 Å². The van der Waals surface area contributed by atoms with Crippen LogP contribution in [0.4, 0.5) is 0 Å². The highest BCUT2D eigenvalue weighted by Crippen LogP contribution is 2.52. The number of hydrogen-bond donors (Lipinski definition) is 2. The van der Waals surface area contributed by atoms with Gasteiger partial charge in [-0.2, -0.15) is 0 Å². The summed E-state index contributed by atoms with van der Waals surface area (Å²) >= 11 is 0. The van der Waals surface area contributed by atoms with Crippen molar-refractivity contribution < 1.29 is 28.4 Å². The summed E-state index contributed by atoms with van der Waals surface area (Å²) in [6.45, 7) is 0. The highest BCUT2D eigenvalue weighted by molar-refractivity contribution is 6.30. The van der Waals surface area contributed by atoms with Gasteiger partial charge in [0.15, 0.2) is 34.5 Å². The monoisotopic (exact) mass is 524 g/mol. The Morgan fingerprint density at radius 1 is 0.513 bits per heavy atom. The van der Waals surface area contributed by atoms with Crippen LogP contribution in [0.15, 0.2) is 36.4 Å². The molecule has 1 aliphatic carbocycles. The summed E-state index contributed by atoms with van der Waals surface area (Å²) in [5, 5.41) is 4.34. The van der Waals surface area contributed by atoms with E-state index in [1.165, 1.54) is 11.1 Å². The minimum atomic E-state index is 0.669. The zero-order valence-corrected chi connectivity index (χ0v) is 22.6. The van der Waals surface area contributed by atoms with Gasteiger partial charge >= 0.3 is 0 Å². The summed E-state index contributed by atoms with van der Waals surface area (Å²) in [5.41, 5.74) is 8.69. The Bertz CT molecular complexity index is 1970. The molecule has 6 aromatic rings. The molecule has 1 aliphatic rings. The van der Waals surface area contributed by atoms with Gasteiger partial charge in [-0.05, 0) is 47.4 Å². The lowest BCUT2D eigenvalue weighted by molar-refractivity contribution is 0.355. The zero-order valence-electron chi connectivity index (χ0n) is 22.6. The first kappa shape index (κ1) is 23.4. The van der Waals surface area contributed by atoms with Gasteiger partial charge in [-0.1, -0.05) is 0 Å². The fourth-order valence-corrected chi connectivity index (χ4v) is 6.23. The largest absolute Gasteiger partial charge is 0.493 e. The second-order valence-corrected chi connectivity index (χ2v) is 9.65. The Labute approximate surface area is 224 Å². The van der Waals surface area contributed by atoms with Crippen LogP contribution in [0.3, 0.4) is 0 Å². The Hall–Kier alpha value is -4.72. The van der Waals surface area contributed by atoms with Crippen LogP contribution in [0.1, 0.15) is 11.1 Å². The lowest BCUT2D eigenvalue weighted by Gasteiger charge is -2.11. The number of aromatic amines is 2. The number of nitrogens with one attached hydrogen (secondary N) is 2. The van der Waals surface area contributed by atoms with E-state index in [4.69, 9.17) is 28.4 Å². The third-order valence-electron chi connectivity index (χ3n) is 7.95. The molecule has 39 heavy (non-hydrogen) atoms. The summed E-state index contributed by atoms with van der Waals surface area (Å²) in [7, 11) is 9.95. The van der Waals surface area contributed by atoms with Crippen molar-refractivity contribution in [3.8, 4) is 45.6 Å². The predicted octanol–water partition coefficient (Wildman–Crippen LogP) is 6.58. The minimum Gasteiger partial charge on any atom is -0.493 e. The van der Waals surface area contributed by atoms with Crippen molar-refractivity contribution >= 4 is 43.6 Å². The second-order valence-electron chi connectivity index (χ2n) is 9.65. The van der Waals surface area contributed by atoms with E-state index < -0.39 is 0 Å². The Morgan fingerprint density at radius 2 is 0.974 bits per heavy atom. The second kappa shape index (κ2) is 8.39. The SMILES string of the molecule is COc1cc2c(cc1OC)-c1c(c3c4cc(OC)c(OC)cc4[nH]c3c3c1[nH]c1cc(OC)c(OC)cc13)C2. The Kier molecular flexibility index (Phi) is 5.04. The summed E-state index contributed by atoms with van der Waals surface area (Å²) in [4.78, 5) is 7.43. The number of ether oxygens (including phenoxy) is 6. The summed E-state index contributed by atoms with van der Waals surface area (Å²) in [6, 6.07) is 12.2. The van der Waals surface area contributed by atoms with Gasteiger partial charge < -0.3 is 38.4 Å². The number of methoxy groups -OCH3 is 6. The number of fused-ring (bicyclic) bond motifs is 12. The molecule has 198 valence electrons. The van der Waals surface area contributed by atoms with Crippen LogP contribution in [-0.2, 0) is 6.42 Å². The molecular formula is C31H28N2O6. The predicted molar refractivity (Wildman–Crippen MR) is 153 cm³/mol. The zero-order chi connectivity index (χ0) is 27.0. The number of aromatic nitrogens is 2. The van der Waals surface area contributed by atoms with E-state index in [1.54, 1.807) is 42.7 Å². The smallest absolute Gasteiger partial charge is 0.162 e. The number of hydrogen-bond acceptors (Lipinski definition) is 6. The highest BCUT2D eigenvalue weighted by Gasteiger charge is 2.30. The molecule has 2 N–H and O–H groups in total. The first-order chi connectivity index (χ1) is 19.0. The van der Waals surface area contributed by atoms with Gasteiger partial charge in [0.05, 0.1) is 64.7 Å². The topological polar surface area (TPSA) is 87.0 Å². The van der Waals surface area contributed by atoms with Gasteiger partial charge in [-0.3, -0.25) is 0 Å². The first-order valence-electron chi connectivity index (χ1n) is 12.6. The number of rotatable bonds is 6. The van der Waals surface area contributed by atoms with Crippen LogP contribution in [-0.4, -0.2) is 52.6 Å². The molecule has 4 aromatic carbocycles. The van der Waals surface area contributed by atoms with Crippen LogP contribution in [0.25, 0.3) is 54.7 Å². The van der Waals surface area contributed by atoms with Crippen LogP contribution in [0.5, 0.6) is 34.5 Å². The van der Waals surface area contributed by atoms with Crippen molar-refractivity contribution in [3.05, 3.63) is 47.5 Å². The minimum absolute atomic E-state index is 0.669. The molecule has 0 amide bonds. The normalized spacial score (nSPS) is 12.3. The molecule has 8 nitrogen and oxygen atoms in total. The van der Waals surface area contributed by atoms with Crippen LogP contribution in [0.2, 0.25) is 0 Å². The first-order valence-corrected chi connectivity index (χ1v) is 12.6. The molecule has 0 radical (unpaired) electrons. The van der Waals surface area contributed by atoms with E-state index in [2.05, 4.69) is 28.2 Å². The molecule has 8 heteroatoms. The van der Waals surface area contributed by atoms with Crippen molar-refractivity contribution in [1.82, 2.24) is 9.97 Å². The maximum absolute atomic E-state index is 5.70. The fourth-order valence-electron chi connectivity index (χ4n) is 6.23. The average Bonchev–Trinajstić information content (AvgIpc) is 3.64. The van der Waals surface area contributed by atoms with E-state index in [0.29, 0.717) is 34.5 Å². The van der Waals surface area contributed by atoms with Crippen LogP contribution in [0, 0.1) is 0 Å². The Balaban J connectivity index is 1.70. The van der Waals surface area contributed by atoms with Crippen molar-refractivity contribution in [2.75, 3.05) is 42.7 Å². The molecule has 0 bridgehead atoms. The third kappa shape index (κ3) is 3.05. The summed E-state index contributed by atoms with van der Waals surface area (Å²) < 4.78 is 34.0. The van der Waals surface area contributed by atoms with Crippen LogP contribution < -0.4 is 28.4 Å². The van der Waals surface area contributed by atoms with Gasteiger partial charge in [-0.25, -0.2) is 0 Å². The van der Waals surface area contributed by atoms with Gasteiger partial charge in [0.2, 0.25) is 0 Å². The molecule has 0 saturated heterocycles. The molecule has 0 unspecified atom stereocenters. The van der Waals surface area contributed by atoms with E-state index in [1.807, 2.05) is 18.2 Å². The standard InChI is InChI=1S/C31H28N2O6/c1-34-21-8-14-7-18-27(15(14)9-22(21)35-2)30-29(17-11-24(37-4)26(39-6)13-20(17)33-30)31-28(18)16-10-23(36-3)25(38-5)12-19(16)32-31/h8-13,32-33H,7H2,1-6H3. The van der Waals surface area contributed by atoms with Gasteiger partial charge in [-0.15, -0.1) is 0 Å². The summed E-state index contributed by atoms with van der Waals surface area (Å²) in [6.07, 6.45) is 0.751. The molecule has 0 atom stereocenters. The maximum atomic E-state index is 5.70. The average molecular weight is 525 g/mol. The molecule has 2 aromatic heterocycles. The third-order valence-corrected chi connectivity index (χ3v) is 7.95. The van der Waals surface area contributed by atoms with E-state index >= 15 is 0 Å². The summed E-state index contributed by atoms with van der Waals surface area (Å²) in [5.74, 6) is 4.11.